The Bertz CT molecular complexity index is 1600. The van der Waals surface area contributed by atoms with Crippen molar-refractivity contribution in [1.29, 1.82) is 0 Å². The van der Waals surface area contributed by atoms with E-state index in [1.807, 2.05) is 37.3 Å². The zero-order valence-electron chi connectivity index (χ0n) is 17.5. The van der Waals surface area contributed by atoms with Gasteiger partial charge in [0.05, 0.1) is 22.3 Å². The van der Waals surface area contributed by atoms with Crippen molar-refractivity contribution in [2.45, 2.75) is 6.92 Å². The monoisotopic (exact) mass is 433 g/mol. The second-order valence-corrected chi connectivity index (χ2v) is 7.95. The highest BCUT2D eigenvalue weighted by Gasteiger charge is 2.35. The first-order chi connectivity index (χ1) is 16.0. The number of hydrogen-bond donors (Lipinski definition) is 0. The van der Waals surface area contributed by atoms with E-state index in [0.717, 1.165) is 5.69 Å². The molecule has 0 atom stereocenters. The molecule has 0 saturated carbocycles. The molecule has 0 saturated heterocycles. The van der Waals surface area contributed by atoms with Gasteiger partial charge in [-0.2, -0.15) is 5.10 Å². The topological polar surface area (TPSA) is 64.8 Å². The second kappa shape index (κ2) is 7.03. The minimum atomic E-state index is -0.387. The molecule has 5 nitrogen and oxygen atoms in total. The average molecular weight is 433 g/mol. The van der Waals surface area contributed by atoms with Crippen molar-refractivity contribution >= 4 is 22.6 Å². The Morgan fingerprint density at radius 2 is 1.39 bits per heavy atom. The average Bonchev–Trinajstić information content (AvgIpc) is 3.18. The van der Waals surface area contributed by atoms with Crippen LogP contribution in [0.1, 0.15) is 37.7 Å². The molecule has 0 fully saturated rings. The SMILES string of the molecule is Cc1nn(-c2ccccc2)c2nc3c(c(-c4ccc(F)cc4)c12)C(=O)c1ccccc1C3=O. The van der Waals surface area contributed by atoms with Gasteiger partial charge in [0.1, 0.15) is 11.5 Å². The first-order valence-electron chi connectivity index (χ1n) is 10.5. The van der Waals surface area contributed by atoms with E-state index in [4.69, 9.17) is 10.1 Å². The smallest absolute Gasteiger partial charge is 0.212 e. The first-order valence-corrected chi connectivity index (χ1v) is 10.5. The van der Waals surface area contributed by atoms with Gasteiger partial charge in [0.2, 0.25) is 5.78 Å². The molecule has 158 valence electrons. The molecule has 6 heteroatoms. The van der Waals surface area contributed by atoms with E-state index in [-0.39, 0.29) is 28.6 Å². The molecule has 0 N–H and O–H groups in total. The number of pyridine rings is 1. The number of aromatic nitrogens is 3. The third-order valence-corrected chi connectivity index (χ3v) is 5.98. The van der Waals surface area contributed by atoms with Crippen molar-refractivity contribution in [3.8, 4) is 16.8 Å². The Morgan fingerprint density at radius 1 is 0.758 bits per heavy atom. The van der Waals surface area contributed by atoms with Crippen molar-refractivity contribution in [1.82, 2.24) is 14.8 Å². The molecule has 5 aromatic rings. The molecule has 33 heavy (non-hydrogen) atoms. The van der Waals surface area contributed by atoms with E-state index in [2.05, 4.69) is 0 Å². The number of carbonyl (C=O) groups is 2. The molecule has 0 radical (unpaired) electrons. The van der Waals surface area contributed by atoms with E-state index < -0.39 is 0 Å². The van der Waals surface area contributed by atoms with E-state index in [1.165, 1.54) is 12.1 Å². The van der Waals surface area contributed by atoms with Crippen molar-refractivity contribution in [2.24, 2.45) is 0 Å². The van der Waals surface area contributed by atoms with Crippen LogP contribution in [-0.4, -0.2) is 26.3 Å². The van der Waals surface area contributed by atoms with Gasteiger partial charge in [0.25, 0.3) is 0 Å². The lowest BCUT2D eigenvalue weighted by Gasteiger charge is -2.20. The highest BCUT2D eigenvalue weighted by molar-refractivity contribution is 6.31. The molecule has 1 aliphatic carbocycles. The van der Waals surface area contributed by atoms with Crippen LogP contribution in [0.25, 0.3) is 27.8 Å². The summed E-state index contributed by atoms with van der Waals surface area (Å²) in [7, 11) is 0. The molecule has 0 bridgehead atoms. The summed E-state index contributed by atoms with van der Waals surface area (Å²) in [5.74, 6) is -0.980. The maximum absolute atomic E-state index is 13.7. The number of fused-ring (bicyclic) bond motifs is 3. The highest BCUT2D eigenvalue weighted by Crippen LogP contribution is 2.40. The Morgan fingerprint density at radius 3 is 2.09 bits per heavy atom. The van der Waals surface area contributed by atoms with Crippen molar-refractivity contribution in [3.63, 3.8) is 0 Å². The van der Waals surface area contributed by atoms with Gasteiger partial charge in [-0.3, -0.25) is 9.59 Å². The Balaban J connectivity index is 1.77. The Labute approximate surface area is 188 Å². The van der Waals surface area contributed by atoms with Crippen LogP contribution in [0, 0.1) is 12.7 Å². The molecule has 0 unspecified atom stereocenters. The van der Waals surface area contributed by atoms with Crippen molar-refractivity contribution in [3.05, 3.63) is 113 Å². The molecule has 0 spiro atoms. The number of aryl methyl sites for hydroxylation is 1. The molecular formula is C27H16FN3O2. The van der Waals surface area contributed by atoms with Crippen molar-refractivity contribution < 1.29 is 14.0 Å². The molecule has 0 aliphatic heterocycles. The number of rotatable bonds is 2. The Hall–Kier alpha value is -4.45. The van der Waals surface area contributed by atoms with Gasteiger partial charge in [-0.05, 0) is 36.8 Å². The van der Waals surface area contributed by atoms with Gasteiger partial charge in [-0.15, -0.1) is 0 Å². The highest BCUT2D eigenvalue weighted by atomic mass is 19.1. The van der Waals surface area contributed by atoms with E-state index >= 15 is 0 Å². The zero-order valence-corrected chi connectivity index (χ0v) is 17.5. The number of nitrogens with zero attached hydrogens (tertiary/aromatic N) is 3. The fourth-order valence-corrected chi connectivity index (χ4v) is 4.50. The minimum Gasteiger partial charge on any atom is -0.288 e. The van der Waals surface area contributed by atoms with Crippen LogP contribution in [0.4, 0.5) is 4.39 Å². The number of halogens is 1. The number of para-hydroxylation sites is 1. The normalized spacial score (nSPS) is 12.7. The van der Waals surface area contributed by atoms with Gasteiger partial charge >= 0.3 is 0 Å². The maximum atomic E-state index is 13.7. The van der Waals surface area contributed by atoms with E-state index in [9.17, 15) is 14.0 Å². The molecule has 3 aromatic carbocycles. The third kappa shape index (κ3) is 2.77. The Kier molecular flexibility index (Phi) is 4.10. The van der Waals surface area contributed by atoms with Crippen LogP contribution in [0.15, 0.2) is 78.9 Å². The van der Waals surface area contributed by atoms with Crippen LogP contribution in [0.2, 0.25) is 0 Å². The molecule has 0 amide bonds. The largest absolute Gasteiger partial charge is 0.288 e. The first kappa shape index (κ1) is 19.3. The van der Waals surface area contributed by atoms with Crippen LogP contribution in [-0.2, 0) is 0 Å². The summed E-state index contributed by atoms with van der Waals surface area (Å²) in [6.45, 7) is 1.84. The van der Waals surface area contributed by atoms with Gasteiger partial charge < -0.3 is 0 Å². The van der Waals surface area contributed by atoms with Gasteiger partial charge in [0.15, 0.2) is 11.4 Å². The summed E-state index contributed by atoms with van der Waals surface area (Å²) in [6, 6.07) is 22.1. The van der Waals surface area contributed by atoms with Crippen LogP contribution < -0.4 is 0 Å². The third-order valence-electron chi connectivity index (χ3n) is 5.98. The zero-order chi connectivity index (χ0) is 22.7. The summed E-state index contributed by atoms with van der Waals surface area (Å²) in [5, 5.41) is 5.35. The van der Waals surface area contributed by atoms with Crippen molar-refractivity contribution in [2.75, 3.05) is 0 Å². The van der Waals surface area contributed by atoms with Crippen LogP contribution >= 0.6 is 0 Å². The summed E-state index contributed by atoms with van der Waals surface area (Å²) in [5.41, 5.74) is 4.06. The summed E-state index contributed by atoms with van der Waals surface area (Å²) in [6.07, 6.45) is 0. The quantitative estimate of drug-likeness (QED) is 0.371. The predicted octanol–water partition coefficient (Wildman–Crippen LogP) is 5.31. The van der Waals surface area contributed by atoms with E-state index in [1.54, 1.807) is 41.1 Å². The predicted molar refractivity (Wildman–Crippen MR) is 122 cm³/mol. The lowest BCUT2D eigenvalue weighted by atomic mass is 9.82. The number of hydrogen-bond acceptors (Lipinski definition) is 4. The van der Waals surface area contributed by atoms with Crippen LogP contribution in [0.3, 0.4) is 0 Å². The fourth-order valence-electron chi connectivity index (χ4n) is 4.50. The number of carbonyl (C=O) groups excluding carboxylic acids is 2. The molecule has 2 aromatic heterocycles. The maximum Gasteiger partial charge on any atom is 0.212 e. The minimum absolute atomic E-state index is 0.0857. The van der Waals surface area contributed by atoms with Gasteiger partial charge in [-0.1, -0.05) is 54.6 Å². The lowest BCUT2D eigenvalue weighted by Crippen LogP contribution is -2.23. The molecule has 6 rings (SSSR count). The summed E-state index contributed by atoms with van der Waals surface area (Å²) in [4.78, 5) is 31.8. The molecule has 1 aliphatic rings. The standard InChI is InChI=1S/C27H16FN3O2/c1-15-21-22(16-11-13-17(28)14-12-16)23-24(26(33)20-10-6-5-9-19(20)25(23)32)29-27(21)31(30-15)18-7-3-2-4-8-18/h2-14H,1H3. The number of ketones is 2. The lowest BCUT2D eigenvalue weighted by molar-refractivity contribution is 0.0976. The van der Waals surface area contributed by atoms with Gasteiger partial charge in [-0.25, -0.2) is 14.1 Å². The fraction of sp³-hybridized carbons (Fsp3) is 0.0370. The summed E-state index contributed by atoms with van der Waals surface area (Å²) >= 11 is 0. The molecular weight excluding hydrogens is 417 g/mol. The summed E-state index contributed by atoms with van der Waals surface area (Å²) < 4.78 is 15.4. The van der Waals surface area contributed by atoms with E-state index in [0.29, 0.717) is 39.0 Å². The second-order valence-electron chi connectivity index (χ2n) is 7.95. The molecule has 2 heterocycles. The van der Waals surface area contributed by atoms with Gasteiger partial charge in [0, 0.05) is 16.7 Å². The van der Waals surface area contributed by atoms with Crippen LogP contribution in [0.5, 0.6) is 0 Å². The number of benzene rings is 3.